The third-order valence-electron chi connectivity index (χ3n) is 3.56. The third kappa shape index (κ3) is 3.21. The summed E-state index contributed by atoms with van der Waals surface area (Å²) in [6, 6.07) is 1.84. The Kier molecular flexibility index (Phi) is 3.84. The van der Waals surface area contributed by atoms with Gasteiger partial charge in [0, 0.05) is 32.4 Å². The van der Waals surface area contributed by atoms with Crippen LogP contribution in [0.3, 0.4) is 0 Å². The fourth-order valence-corrected chi connectivity index (χ4v) is 2.41. The van der Waals surface area contributed by atoms with Crippen molar-refractivity contribution in [3.05, 3.63) is 23.5 Å². The molecule has 0 aliphatic carbocycles. The van der Waals surface area contributed by atoms with Gasteiger partial charge in [0.2, 0.25) is 5.95 Å². The minimum absolute atomic E-state index is 0.0613. The monoisotopic (exact) mass is 327 g/mol. The van der Waals surface area contributed by atoms with Crippen LogP contribution in [0.5, 0.6) is 0 Å². The Morgan fingerprint density at radius 3 is 2.74 bits per heavy atom. The largest absolute Gasteiger partial charge is 0.421 e. The Morgan fingerprint density at radius 1 is 1.26 bits per heavy atom. The van der Waals surface area contributed by atoms with Crippen molar-refractivity contribution in [1.82, 2.24) is 24.6 Å². The summed E-state index contributed by atoms with van der Waals surface area (Å²) in [5.74, 6) is 0.293. The molecule has 0 aromatic carbocycles. The van der Waals surface area contributed by atoms with E-state index in [2.05, 4.69) is 30.6 Å². The van der Waals surface area contributed by atoms with Crippen molar-refractivity contribution in [1.29, 1.82) is 0 Å². The molecule has 2 aromatic heterocycles. The van der Waals surface area contributed by atoms with Gasteiger partial charge in [-0.3, -0.25) is 9.58 Å². The van der Waals surface area contributed by atoms with Gasteiger partial charge < -0.3 is 10.6 Å². The van der Waals surface area contributed by atoms with Crippen molar-refractivity contribution in [2.24, 2.45) is 0 Å². The van der Waals surface area contributed by atoms with Gasteiger partial charge in [-0.15, -0.1) is 0 Å². The van der Waals surface area contributed by atoms with E-state index in [4.69, 9.17) is 0 Å². The number of hydrogen-bond acceptors (Lipinski definition) is 6. The Hall–Kier alpha value is -2.36. The SMILES string of the molecule is CNc1nc(Nc2cc3n(n2)CCN(C)C3)ncc1C(F)(F)F. The van der Waals surface area contributed by atoms with E-state index in [0.717, 1.165) is 31.5 Å². The average Bonchev–Trinajstić information content (AvgIpc) is 2.87. The van der Waals surface area contributed by atoms with Crippen molar-refractivity contribution < 1.29 is 13.2 Å². The predicted molar refractivity (Wildman–Crippen MR) is 78.4 cm³/mol. The Labute approximate surface area is 130 Å². The molecule has 10 heteroatoms. The second-order valence-corrected chi connectivity index (χ2v) is 5.31. The van der Waals surface area contributed by atoms with Crippen molar-refractivity contribution >= 4 is 17.6 Å². The van der Waals surface area contributed by atoms with E-state index >= 15 is 0 Å². The molecule has 0 spiro atoms. The molecular formula is C13H16F3N7. The molecule has 0 bridgehead atoms. The number of fused-ring (bicyclic) bond motifs is 1. The second kappa shape index (κ2) is 5.69. The molecule has 0 amide bonds. The van der Waals surface area contributed by atoms with E-state index in [1.54, 1.807) is 0 Å². The van der Waals surface area contributed by atoms with E-state index in [1.807, 2.05) is 17.8 Å². The summed E-state index contributed by atoms with van der Waals surface area (Å²) in [6.07, 6.45) is -3.75. The van der Waals surface area contributed by atoms with Crippen LogP contribution in [0, 0.1) is 0 Å². The van der Waals surface area contributed by atoms with Gasteiger partial charge >= 0.3 is 6.18 Å². The van der Waals surface area contributed by atoms with E-state index in [0.29, 0.717) is 5.82 Å². The molecule has 1 aliphatic heterocycles. The first-order valence-corrected chi connectivity index (χ1v) is 7.01. The number of nitrogens with one attached hydrogen (secondary N) is 2. The van der Waals surface area contributed by atoms with Gasteiger partial charge in [0.25, 0.3) is 0 Å². The van der Waals surface area contributed by atoms with Crippen LogP contribution in [-0.2, 0) is 19.3 Å². The Balaban J connectivity index is 1.83. The molecule has 1 aliphatic rings. The zero-order valence-electron chi connectivity index (χ0n) is 12.6. The number of hydrogen-bond donors (Lipinski definition) is 2. The number of likely N-dealkylation sites (N-methyl/N-ethyl adjacent to an activating group) is 1. The van der Waals surface area contributed by atoms with Crippen LogP contribution in [0.2, 0.25) is 0 Å². The lowest BCUT2D eigenvalue weighted by Gasteiger charge is -2.22. The summed E-state index contributed by atoms with van der Waals surface area (Å²) in [5, 5.41) is 9.65. The molecule has 0 radical (unpaired) electrons. The molecular weight excluding hydrogens is 311 g/mol. The van der Waals surface area contributed by atoms with Crippen LogP contribution in [0.1, 0.15) is 11.3 Å². The first-order chi connectivity index (χ1) is 10.9. The highest BCUT2D eigenvalue weighted by Crippen LogP contribution is 2.33. The topological polar surface area (TPSA) is 70.9 Å². The lowest BCUT2D eigenvalue weighted by molar-refractivity contribution is -0.137. The van der Waals surface area contributed by atoms with Crippen LogP contribution in [-0.4, -0.2) is 45.3 Å². The number of alkyl halides is 3. The van der Waals surface area contributed by atoms with Crippen molar-refractivity contribution in [3.63, 3.8) is 0 Å². The fraction of sp³-hybridized carbons (Fsp3) is 0.462. The Bertz CT molecular complexity index is 710. The van der Waals surface area contributed by atoms with Crippen molar-refractivity contribution in [3.8, 4) is 0 Å². The molecule has 2 aromatic rings. The van der Waals surface area contributed by atoms with E-state index in [1.165, 1.54) is 7.05 Å². The second-order valence-electron chi connectivity index (χ2n) is 5.31. The molecule has 7 nitrogen and oxygen atoms in total. The molecule has 0 unspecified atom stereocenters. The highest BCUT2D eigenvalue weighted by Gasteiger charge is 2.35. The van der Waals surface area contributed by atoms with Crippen LogP contribution in [0.4, 0.5) is 30.8 Å². The standard InChI is InChI=1S/C13H16F3N7/c1-17-11-9(13(14,15)16)6-18-12(20-11)19-10-5-8-7-22(2)3-4-23(8)21-10/h5-6H,3-4,7H2,1-2H3,(H2,17,18,19,20,21). The van der Waals surface area contributed by atoms with Gasteiger partial charge in [0.1, 0.15) is 11.4 Å². The van der Waals surface area contributed by atoms with Crippen molar-refractivity contribution in [2.75, 3.05) is 31.3 Å². The third-order valence-corrected chi connectivity index (χ3v) is 3.56. The predicted octanol–water partition coefficient (Wildman–Crippen LogP) is 1.92. The summed E-state index contributed by atoms with van der Waals surface area (Å²) < 4.78 is 40.3. The van der Waals surface area contributed by atoms with E-state index in [9.17, 15) is 13.2 Å². The van der Waals surface area contributed by atoms with Gasteiger partial charge in [-0.1, -0.05) is 0 Å². The first-order valence-electron chi connectivity index (χ1n) is 7.01. The lowest BCUT2D eigenvalue weighted by Crippen LogP contribution is -2.30. The zero-order valence-corrected chi connectivity index (χ0v) is 12.6. The van der Waals surface area contributed by atoms with E-state index < -0.39 is 11.7 Å². The van der Waals surface area contributed by atoms with Crippen LogP contribution < -0.4 is 10.6 Å². The summed E-state index contributed by atoms with van der Waals surface area (Å²) in [4.78, 5) is 9.75. The molecule has 3 rings (SSSR count). The number of rotatable bonds is 3. The maximum atomic E-state index is 12.8. The smallest absolute Gasteiger partial charge is 0.372 e. The summed E-state index contributed by atoms with van der Waals surface area (Å²) in [5.41, 5.74) is 0.123. The highest BCUT2D eigenvalue weighted by molar-refractivity contribution is 5.53. The number of anilines is 3. The maximum Gasteiger partial charge on any atom is 0.421 e. The van der Waals surface area contributed by atoms with Crippen LogP contribution in [0.25, 0.3) is 0 Å². The molecule has 3 heterocycles. The highest BCUT2D eigenvalue weighted by atomic mass is 19.4. The minimum Gasteiger partial charge on any atom is -0.372 e. The molecule has 0 saturated heterocycles. The van der Waals surface area contributed by atoms with Crippen LogP contribution in [0.15, 0.2) is 12.3 Å². The molecule has 0 saturated carbocycles. The quantitative estimate of drug-likeness (QED) is 0.897. The molecule has 0 fully saturated rings. The zero-order chi connectivity index (χ0) is 16.6. The number of halogens is 3. The molecule has 2 N–H and O–H groups in total. The minimum atomic E-state index is -4.51. The van der Waals surface area contributed by atoms with E-state index in [-0.39, 0.29) is 11.8 Å². The van der Waals surface area contributed by atoms with Crippen molar-refractivity contribution in [2.45, 2.75) is 19.3 Å². The number of nitrogens with zero attached hydrogens (tertiary/aromatic N) is 5. The average molecular weight is 327 g/mol. The van der Waals surface area contributed by atoms with Gasteiger partial charge in [-0.25, -0.2) is 4.98 Å². The summed E-state index contributed by atoms with van der Waals surface area (Å²) in [7, 11) is 3.40. The maximum absolute atomic E-state index is 12.8. The molecule has 23 heavy (non-hydrogen) atoms. The molecule has 124 valence electrons. The van der Waals surface area contributed by atoms with Crippen LogP contribution >= 0.6 is 0 Å². The van der Waals surface area contributed by atoms with Gasteiger partial charge in [-0.2, -0.15) is 23.3 Å². The first kappa shape index (κ1) is 15.5. The van der Waals surface area contributed by atoms with Gasteiger partial charge in [-0.05, 0) is 7.05 Å². The van der Waals surface area contributed by atoms with Gasteiger partial charge in [0.05, 0.1) is 12.2 Å². The summed E-state index contributed by atoms with van der Waals surface area (Å²) >= 11 is 0. The lowest BCUT2D eigenvalue weighted by atomic mass is 10.3. The Morgan fingerprint density at radius 2 is 2.04 bits per heavy atom. The number of aromatic nitrogens is 4. The fourth-order valence-electron chi connectivity index (χ4n) is 2.41. The van der Waals surface area contributed by atoms with Gasteiger partial charge in [0.15, 0.2) is 5.82 Å². The molecule has 0 atom stereocenters. The summed E-state index contributed by atoms with van der Waals surface area (Å²) in [6.45, 7) is 2.43. The normalized spacial score (nSPS) is 15.3.